The molecule has 3 N–H and O–H groups in total. The van der Waals surface area contributed by atoms with Gasteiger partial charge in [0.15, 0.2) is 5.88 Å². The van der Waals surface area contributed by atoms with Crippen molar-refractivity contribution < 1.29 is 14.3 Å². The van der Waals surface area contributed by atoms with Gasteiger partial charge < -0.3 is 30.2 Å². The number of hydrogen-bond donors (Lipinski definition) is 2. The fourth-order valence-electron chi connectivity index (χ4n) is 7.83. The first-order valence-electron chi connectivity index (χ1n) is 16.5. The Morgan fingerprint density at radius 3 is 2.58 bits per heavy atom. The van der Waals surface area contributed by atoms with E-state index < -0.39 is 0 Å². The molecule has 8 rings (SSSR count). The largest absolute Gasteiger partial charge is 0.482 e. The van der Waals surface area contributed by atoms with Crippen LogP contribution in [0.2, 0.25) is 0 Å². The van der Waals surface area contributed by atoms with Crippen molar-refractivity contribution in [1.29, 1.82) is 0 Å². The highest BCUT2D eigenvalue weighted by atomic mass is 16.5. The number of ether oxygens (including phenoxy) is 1. The number of rotatable bonds is 7. The molecule has 2 aliphatic carbocycles. The lowest BCUT2D eigenvalue weighted by Gasteiger charge is -2.27. The quantitative estimate of drug-likeness (QED) is 0.318. The van der Waals surface area contributed by atoms with Crippen LogP contribution in [-0.2, 0) is 6.54 Å². The number of methoxy groups -OCH3 is 1. The lowest BCUT2D eigenvalue weighted by molar-refractivity contribution is 0.0700. The van der Waals surface area contributed by atoms with Gasteiger partial charge in [0.05, 0.1) is 30.2 Å². The predicted octanol–water partition coefficient (Wildman–Crippen LogP) is 4.51. The maximum absolute atomic E-state index is 13.7. The second-order valence-corrected chi connectivity index (χ2v) is 13.6. The van der Waals surface area contributed by atoms with Gasteiger partial charge in [-0.05, 0) is 88.5 Å². The third kappa shape index (κ3) is 4.74. The number of amides is 3. The molecular formula is C34H42N8O3. The number of imidazole rings is 1. The average molecular weight is 611 g/mol. The molecule has 6 heterocycles. The second-order valence-electron chi connectivity index (χ2n) is 13.6. The zero-order valence-electron chi connectivity index (χ0n) is 26.3. The van der Waals surface area contributed by atoms with Crippen molar-refractivity contribution in [2.75, 3.05) is 26.7 Å². The fraction of sp³-hybridized carbons (Fsp3) is 0.529. The highest BCUT2D eigenvalue weighted by Gasteiger charge is 2.47. The Hall–Kier alpha value is -4.12. The topological polar surface area (TPSA) is 123 Å². The molecule has 2 saturated carbocycles. The molecule has 2 saturated heterocycles. The van der Waals surface area contributed by atoms with E-state index in [4.69, 9.17) is 20.4 Å². The number of nitrogens with zero attached hydrogens (tertiary/aromatic N) is 6. The van der Waals surface area contributed by atoms with E-state index in [0.29, 0.717) is 35.5 Å². The Labute approximate surface area is 262 Å². The number of carbonyl (C=O) groups excluding carboxylic acids is 2. The van der Waals surface area contributed by atoms with Crippen molar-refractivity contribution in [2.24, 2.45) is 17.6 Å². The number of urea groups is 1. The van der Waals surface area contributed by atoms with Crippen LogP contribution in [0.3, 0.4) is 0 Å². The first kappa shape index (κ1) is 28.4. The summed E-state index contributed by atoms with van der Waals surface area (Å²) < 4.78 is 10.1. The highest BCUT2D eigenvalue weighted by Crippen LogP contribution is 2.39. The van der Waals surface area contributed by atoms with Gasteiger partial charge in [-0.15, -0.1) is 0 Å². The molecule has 11 heteroatoms. The molecule has 4 aromatic heterocycles. The van der Waals surface area contributed by atoms with E-state index in [0.717, 1.165) is 79.1 Å². The molecule has 0 unspecified atom stereocenters. The van der Waals surface area contributed by atoms with Crippen LogP contribution in [0.5, 0.6) is 5.88 Å². The third-order valence-corrected chi connectivity index (χ3v) is 10.6. The number of nitrogens with one attached hydrogen (secondary N) is 1. The van der Waals surface area contributed by atoms with Gasteiger partial charge in [0.1, 0.15) is 17.0 Å². The molecule has 45 heavy (non-hydrogen) atoms. The Kier molecular flexibility index (Phi) is 6.78. The van der Waals surface area contributed by atoms with Gasteiger partial charge in [0, 0.05) is 55.3 Å². The summed E-state index contributed by atoms with van der Waals surface area (Å²) in [6, 6.07) is 9.91. The predicted molar refractivity (Wildman–Crippen MR) is 171 cm³/mol. The average Bonchev–Trinajstić information content (AvgIpc) is 3.42. The standard InChI is InChI=1S/C34H42N8O3/c1-19(36-34(44)39-12-4-5-13-39)25-10-8-22-14-27(40(32(22)37-25)17-21-6-7-21)31-20(2)42-28(38-31)15-24(16-29(42)45-3)33(43)41-18-23-9-11-26(41)30(23)35/h8,10,14-16,19,21,23,26,30H,4-7,9,11-13,17-18,35H2,1-3H3,(H,36,44)/t19-,23-,26-,30-/m1/s1. The lowest BCUT2D eigenvalue weighted by Crippen LogP contribution is -2.41. The van der Waals surface area contributed by atoms with Crippen LogP contribution in [0, 0.1) is 18.8 Å². The number of aryl methyl sites for hydroxylation is 1. The minimum atomic E-state index is -0.215. The van der Waals surface area contributed by atoms with E-state index in [2.05, 4.69) is 22.0 Å². The zero-order valence-corrected chi connectivity index (χ0v) is 26.3. The zero-order chi connectivity index (χ0) is 31.0. The van der Waals surface area contributed by atoms with Crippen molar-refractivity contribution >= 4 is 28.6 Å². The molecule has 4 fully saturated rings. The minimum Gasteiger partial charge on any atom is -0.482 e. The summed E-state index contributed by atoms with van der Waals surface area (Å²) in [5.74, 6) is 1.56. The number of aromatic nitrogens is 4. The van der Waals surface area contributed by atoms with Crippen molar-refractivity contribution in [3.05, 3.63) is 47.3 Å². The molecule has 0 radical (unpaired) electrons. The van der Waals surface area contributed by atoms with Gasteiger partial charge in [-0.2, -0.15) is 0 Å². The van der Waals surface area contributed by atoms with Crippen LogP contribution in [-0.4, -0.2) is 79.5 Å². The summed E-state index contributed by atoms with van der Waals surface area (Å²) in [5, 5.41) is 4.18. The lowest BCUT2D eigenvalue weighted by atomic mass is 10.1. The summed E-state index contributed by atoms with van der Waals surface area (Å²) in [4.78, 5) is 40.6. The van der Waals surface area contributed by atoms with Gasteiger partial charge >= 0.3 is 6.03 Å². The van der Waals surface area contributed by atoms with Crippen LogP contribution >= 0.6 is 0 Å². The molecule has 2 bridgehead atoms. The Balaban J connectivity index is 1.17. The second kappa shape index (κ2) is 10.8. The van der Waals surface area contributed by atoms with Gasteiger partial charge in [-0.3, -0.25) is 9.20 Å². The summed E-state index contributed by atoms with van der Waals surface area (Å²) >= 11 is 0. The van der Waals surface area contributed by atoms with Crippen LogP contribution < -0.4 is 15.8 Å². The Morgan fingerprint density at radius 1 is 1.09 bits per heavy atom. The Morgan fingerprint density at radius 2 is 1.89 bits per heavy atom. The molecule has 236 valence electrons. The molecule has 4 aromatic rings. The van der Waals surface area contributed by atoms with Gasteiger partial charge in [0.25, 0.3) is 5.91 Å². The van der Waals surface area contributed by atoms with E-state index in [1.807, 2.05) is 46.2 Å². The molecule has 4 aliphatic rings. The van der Waals surface area contributed by atoms with Gasteiger partial charge in [0.2, 0.25) is 0 Å². The number of pyridine rings is 2. The Bertz CT molecular complexity index is 1820. The molecule has 0 aromatic carbocycles. The van der Waals surface area contributed by atoms with Crippen LogP contribution in [0.25, 0.3) is 28.1 Å². The van der Waals surface area contributed by atoms with Gasteiger partial charge in [-0.1, -0.05) is 0 Å². The number of nitrogens with two attached hydrogens (primary N) is 1. The highest BCUT2D eigenvalue weighted by molar-refractivity contribution is 5.96. The first-order chi connectivity index (χ1) is 21.8. The van der Waals surface area contributed by atoms with E-state index in [9.17, 15) is 9.59 Å². The van der Waals surface area contributed by atoms with Crippen molar-refractivity contribution in [1.82, 2.24) is 34.1 Å². The van der Waals surface area contributed by atoms with Crippen molar-refractivity contribution in [2.45, 2.75) is 77.0 Å². The number of carbonyl (C=O) groups is 2. The first-order valence-corrected chi connectivity index (χ1v) is 16.5. The minimum absolute atomic E-state index is 0.00817. The molecule has 3 amide bonds. The smallest absolute Gasteiger partial charge is 0.317 e. The number of fused-ring (bicyclic) bond motifs is 4. The van der Waals surface area contributed by atoms with E-state index in [-0.39, 0.29) is 30.1 Å². The number of piperidine rings is 1. The molecule has 11 nitrogen and oxygen atoms in total. The molecule has 0 spiro atoms. The monoisotopic (exact) mass is 610 g/mol. The van der Waals surface area contributed by atoms with Crippen molar-refractivity contribution in [3.63, 3.8) is 0 Å². The summed E-state index contributed by atoms with van der Waals surface area (Å²) in [6.45, 7) is 7.24. The number of likely N-dealkylation sites (tertiary alicyclic amines) is 2. The van der Waals surface area contributed by atoms with Gasteiger partial charge in [-0.25, -0.2) is 14.8 Å². The van der Waals surface area contributed by atoms with E-state index >= 15 is 0 Å². The maximum atomic E-state index is 13.7. The SMILES string of the molecule is COc1cc(C(=O)N2C[C@H]3CC[C@@H]2[C@@H]3N)cc2nc(-c3cc4ccc([C@@H](C)NC(=O)N5CCCC5)nc4n3CC3CC3)c(C)n12. The molecule has 2 aliphatic heterocycles. The number of hydrogen-bond acceptors (Lipinski definition) is 6. The van der Waals surface area contributed by atoms with Crippen LogP contribution in [0.1, 0.15) is 73.2 Å². The van der Waals surface area contributed by atoms with E-state index in [1.54, 1.807) is 7.11 Å². The molecular weight excluding hydrogens is 568 g/mol. The summed E-state index contributed by atoms with van der Waals surface area (Å²) in [5.41, 5.74) is 12.2. The maximum Gasteiger partial charge on any atom is 0.317 e. The summed E-state index contributed by atoms with van der Waals surface area (Å²) in [7, 11) is 1.63. The fourth-order valence-corrected chi connectivity index (χ4v) is 7.83. The summed E-state index contributed by atoms with van der Waals surface area (Å²) in [6.07, 6.45) is 6.58. The third-order valence-electron chi connectivity index (χ3n) is 10.6. The van der Waals surface area contributed by atoms with Crippen molar-refractivity contribution in [3.8, 4) is 17.3 Å². The van der Waals surface area contributed by atoms with Crippen LogP contribution in [0.4, 0.5) is 4.79 Å². The van der Waals surface area contributed by atoms with Crippen LogP contribution in [0.15, 0.2) is 30.3 Å². The molecule has 4 atom stereocenters. The normalized spacial score (nSPS) is 23.4. The van der Waals surface area contributed by atoms with E-state index in [1.165, 1.54) is 12.8 Å².